The minimum absolute atomic E-state index is 0.290. The van der Waals surface area contributed by atoms with Crippen LogP contribution in [-0.2, 0) is 0 Å². The van der Waals surface area contributed by atoms with Crippen molar-refractivity contribution in [2.45, 2.75) is 96.3 Å². The van der Waals surface area contributed by atoms with Crippen molar-refractivity contribution >= 4 is 11.6 Å². The average molecular weight is 423 g/mol. The summed E-state index contributed by atoms with van der Waals surface area (Å²) in [5, 5.41) is -0.372. The third-order valence-electron chi connectivity index (χ3n) is 8.64. The van der Waals surface area contributed by atoms with Crippen molar-refractivity contribution in [3.63, 3.8) is 0 Å². The molecule has 3 saturated carbocycles. The summed E-state index contributed by atoms with van der Waals surface area (Å²) in [4.78, 5) is 0. The Morgan fingerprint density at radius 2 is 1.34 bits per heavy atom. The standard InChI is InChI=1S/C26H37ClF2/c1-2-3-4-17-5-6-22-14-21(12-11-20(22)13-17)18-7-9-19(10-8-18)23-15-24(28)26(27)25(29)16-23/h15-22H,2-14H2,1H3. The molecule has 29 heavy (non-hydrogen) atoms. The van der Waals surface area contributed by atoms with Crippen molar-refractivity contribution < 1.29 is 8.78 Å². The molecular weight excluding hydrogens is 386 g/mol. The molecule has 3 fully saturated rings. The van der Waals surface area contributed by atoms with Gasteiger partial charge in [-0.1, -0.05) is 44.2 Å². The molecule has 1 aromatic carbocycles. The smallest absolute Gasteiger partial charge is 0.145 e. The third kappa shape index (κ3) is 5.00. The van der Waals surface area contributed by atoms with E-state index in [2.05, 4.69) is 6.92 Å². The monoisotopic (exact) mass is 422 g/mol. The lowest BCUT2D eigenvalue weighted by molar-refractivity contribution is 0.0614. The number of benzene rings is 1. The Kier molecular flexibility index (Phi) is 7.20. The highest BCUT2D eigenvalue weighted by Crippen LogP contribution is 2.50. The Morgan fingerprint density at radius 3 is 2.00 bits per heavy atom. The first-order chi connectivity index (χ1) is 14.0. The first-order valence-corrected chi connectivity index (χ1v) is 12.6. The lowest BCUT2D eigenvalue weighted by Crippen LogP contribution is -2.34. The number of halogens is 3. The van der Waals surface area contributed by atoms with E-state index < -0.39 is 11.6 Å². The summed E-state index contributed by atoms with van der Waals surface area (Å²) in [6.07, 6.45) is 17.5. The highest BCUT2D eigenvalue weighted by Gasteiger charge is 2.38. The Labute approximate surface area is 180 Å². The van der Waals surface area contributed by atoms with Crippen LogP contribution in [0, 0.1) is 41.2 Å². The number of hydrogen-bond acceptors (Lipinski definition) is 0. The van der Waals surface area contributed by atoms with Crippen LogP contribution in [0.2, 0.25) is 5.02 Å². The van der Waals surface area contributed by atoms with Gasteiger partial charge in [0.1, 0.15) is 16.7 Å². The van der Waals surface area contributed by atoms with Gasteiger partial charge >= 0.3 is 0 Å². The number of hydrogen-bond donors (Lipinski definition) is 0. The van der Waals surface area contributed by atoms with E-state index in [1.165, 1.54) is 82.8 Å². The van der Waals surface area contributed by atoms with Crippen LogP contribution in [-0.4, -0.2) is 0 Å². The van der Waals surface area contributed by atoms with Crippen molar-refractivity contribution in [1.82, 2.24) is 0 Å². The zero-order valence-corrected chi connectivity index (χ0v) is 18.7. The van der Waals surface area contributed by atoms with Crippen LogP contribution in [0.1, 0.15) is 102 Å². The van der Waals surface area contributed by atoms with Crippen LogP contribution in [0.4, 0.5) is 8.78 Å². The number of fused-ring (bicyclic) bond motifs is 1. The summed E-state index contributed by atoms with van der Waals surface area (Å²) in [6.45, 7) is 2.31. The van der Waals surface area contributed by atoms with Crippen LogP contribution in [0.15, 0.2) is 12.1 Å². The molecule has 0 heterocycles. The fourth-order valence-corrected chi connectivity index (χ4v) is 7.05. The molecule has 0 radical (unpaired) electrons. The number of unbranched alkanes of at least 4 members (excludes halogenated alkanes) is 1. The molecule has 4 unspecified atom stereocenters. The maximum absolute atomic E-state index is 13.8. The maximum atomic E-state index is 13.8. The van der Waals surface area contributed by atoms with Gasteiger partial charge in [0.15, 0.2) is 0 Å². The summed E-state index contributed by atoms with van der Waals surface area (Å²) < 4.78 is 27.7. The molecule has 4 rings (SSSR count). The van der Waals surface area contributed by atoms with Crippen molar-refractivity contribution in [1.29, 1.82) is 0 Å². The lowest BCUT2D eigenvalue weighted by atomic mass is 9.60. The summed E-state index contributed by atoms with van der Waals surface area (Å²) in [5.74, 6) is 3.76. The summed E-state index contributed by atoms with van der Waals surface area (Å²) in [6, 6.07) is 2.91. The van der Waals surface area contributed by atoms with Gasteiger partial charge in [-0.3, -0.25) is 0 Å². The highest BCUT2D eigenvalue weighted by molar-refractivity contribution is 6.30. The molecule has 3 aliphatic carbocycles. The van der Waals surface area contributed by atoms with E-state index >= 15 is 0 Å². The minimum Gasteiger partial charge on any atom is -0.205 e. The van der Waals surface area contributed by atoms with Crippen LogP contribution >= 0.6 is 11.6 Å². The third-order valence-corrected chi connectivity index (χ3v) is 9.01. The lowest BCUT2D eigenvalue weighted by Gasteiger charge is -2.45. The highest BCUT2D eigenvalue weighted by atomic mass is 35.5. The fraction of sp³-hybridized carbons (Fsp3) is 0.769. The molecular formula is C26H37ClF2. The fourth-order valence-electron chi connectivity index (χ4n) is 6.94. The van der Waals surface area contributed by atoms with Crippen molar-refractivity contribution in [3.8, 4) is 0 Å². The Hall–Kier alpha value is -0.630. The van der Waals surface area contributed by atoms with Gasteiger partial charge in [0.2, 0.25) is 0 Å². The van der Waals surface area contributed by atoms with Crippen LogP contribution in [0.3, 0.4) is 0 Å². The second-order valence-corrected chi connectivity index (χ2v) is 10.7. The van der Waals surface area contributed by atoms with Crippen molar-refractivity contribution in [3.05, 3.63) is 34.4 Å². The molecule has 1 aromatic rings. The number of rotatable bonds is 5. The van der Waals surface area contributed by atoms with Gasteiger partial charge in [-0.05, 0) is 111 Å². The molecule has 0 spiro atoms. The van der Waals surface area contributed by atoms with Gasteiger partial charge in [0.25, 0.3) is 0 Å². The Bertz CT molecular complexity index is 656. The summed E-state index contributed by atoms with van der Waals surface area (Å²) in [5.41, 5.74) is 0.803. The van der Waals surface area contributed by atoms with Gasteiger partial charge in [0, 0.05) is 0 Å². The van der Waals surface area contributed by atoms with Crippen LogP contribution < -0.4 is 0 Å². The normalized spacial score (nSPS) is 35.3. The molecule has 0 N–H and O–H groups in total. The average Bonchev–Trinajstić information content (AvgIpc) is 2.75. The molecule has 0 nitrogen and oxygen atoms in total. The summed E-state index contributed by atoms with van der Waals surface area (Å²) >= 11 is 5.65. The molecule has 0 amide bonds. The van der Waals surface area contributed by atoms with E-state index in [-0.39, 0.29) is 10.9 Å². The quantitative estimate of drug-likeness (QED) is 0.415. The molecule has 0 bridgehead atoms. The Balaban J connectivity index is 1.28. The molecule has 0 aromatic heterocycles. The van der Waals surface area contributed by atoms with Gasteiger partial charge in [0.05, 0.1) is 0 Å². The molecule has 0 aliphatic heterocycles. The largest absolute Gasteiger partial charge is 0.205 e. The first kappa shape index (κ1) is 21.6. The predicted molar refractivity (Wildman–Crippen MR) is 117 cm³/mol. The van der Waals surface area contributed by atoms with Crippen molar-refractivity contribution in [2.75, 3.05) is 0 Å². The zero-order valence-electron chi connectivity index (χ0n) is 17.9. The van der Waals surface area contributed by atoms with E-state index in [1.54, 1.807) is 0 Å². The van der Waals surface area contributed by atoms with Gasteiger partial charge in [-0.2, -0.15) is 0 Å². The second-order valence-electron chi connectivity index (χ2n) is 10.3. The van der Waals surface area contributed by atoms with E-state index in [1.807, 2.05) is 0 Å². The van der Waals surface area contributed by atoms with E-state index in [4.69, 9.17) is 11.6 Å². The van der Waals surface area contributed by atoms with E-state index in [0.717, 1.165) is 48.0 Å². The summed E-state index contributed by atoms with van der Waals surface area (Å²) in [7, 11) is 0. The van der Waals surface area contributed by atoms with Crippen LogP contribution in [0.25, 0.3) is 0 Å². The maximum Gasteiger partial charge on any atom is 0.145 e. The predicted octanol–water partition coefficient (Wildman–Crippen LogP) is 8.91. The van der Waals surface area contributed by atoms with Gasteiger partial charge in [-0.15, -0.1) is 0 Å². The van der Waals surface area contributed by atoms with Gasteiger partial charge < -0.3 is 0 Å². The van der Waals surface area contributed by atoms with Crippen LogP contribution in [0.5, 0.6) is 0 Å². The first-order valence-electron chi connectivity index (χ1n) is 12.2. The molecule has 3 heteroatoms. The Morgan fingerprint density at radius 1 is 0.793 bits per heavy atom. The minimum atomic E-state index is -0.614. The molecule has 4 atom stereocenters. The molecule has 3 aliphatic rings. The van der Waals surface area contributed by atoms with E-state index in [9.17, 15) is 8.78 Å². The van der Waals surface area contributed by atoms with E-state index in [0.29, 0.717) is 0 Å². The topological polar surface area (TPSA) is 0 Å². The SMILES string of the molecule is CCCCC1CCC2CC(C3CCC(c4cc(F)c(Cl)c(F)c4)CC3)CCC2C1. The zero-order chi connectivity index (χ0) is 20.4. The molecule has 0 saturated heterocycles. The molecule has 162 valence electrons. The second kappa shape index (κ2) is 9.67. The van der Waals surface area contributed by atoms with Gasteiger partial charge in [-0.25, -0.2) is 8.78 Å². The van der Waals surface area contributed by atoms with Crippen molar-refractivity contribution in [2.24, 2.45) is 29.6 Å².